The summed E-state index contributed by atoms with van der Waals surface area (Å²) in [5, 5.41) is 2.95. The first-order valence-corrected chi connectivity index (χ1v) is 8.42. The highest BCUT2D eigenvalue weighted by molar-refractivity contribution is 5.87. The number of hydrogen-bond acceptors (Lipinski definition) is 3. The minimum atomic E-state index is -0.533. The number of nitrogens with zero attached hydrogens (tertiary/aromatic N) is 1. The second-order valence-electron chi connectivity index (χ2n) is 7.04. The van der Waals surface area contributed by atoms with E-state index in [9.17, 15) is 9.59 Å². The van der Waals surface area contributed by atoms with Gasteiger partial charge in [0.1, 0.15) is 11.8 Å². The van der Waals surface area contributed by atoms with Gasteiger partial charge in [0.2, 0.25) is 11.8 Å². The van der Waals surface area contributed by atoms with Crippen LogP contribution in [-0.2, 0) is 16.1 Å². The molecule has 1 N–H and O–H groups in total. The van der Waals surface area contributed by atoms with Crippen LogP contribution in [0.5, 0.6) is 5.75 Å². The number of rotatable bonds is 7. The van der Waals surface area contributed by atoms with Crippen LogP contribution in [0.2, 0.25) is 0 Å². The Bertz CT molecular complexity index is 564. The van der Waals surface area contributed by atoms with Crippen molar-refractivity contribution in [3.63, 3.8) is 0 Å². The fourth-order valence-corrected chi connectivity index (χ4v) is 2.38. The van der Waals surface area contributed by atoms with Crippen LogP contribution < -0.4 is 10.1 Å². The number of nitrogens with one attached hydrogen (secondary N) is 1. The van der Waals surface area contributed by atoms with Crippen molar-refractivity contribution in [1.29, 1.82) is 0 Å². The molecule has 2 amide bonds. The van der Waals surface area contributed by atoms with Gasteiger partial charge in [0, 0.05) is 18.5 Å². The first-order chi connectivity index (χ1) is 11.2. The van der Waals surface area contributed by atoms with Crippen LogP contribution in [0.1, 0.15) is 53.0 Å². The van der Waals surface area contributed by atoms with Crippen molar-refractivity contribution in [2.75, 3.05) is 7.11 Å². The Labute approximate surface area is 145 Å². The minimum Gasteiger partial charge on any atom is -0.497 e. The number of amides is 2. The zero-order valence-corrected chi connectivity index (χ0v) is 15.7. The molecule has 1 aromatic carbocycles. The maximum atomic E-state index is 12.5. The van der Waals surface area contributed by atoms with Gasteiger partial charge in [0.15, 0.2) is 0 Å². The fourth-order valence-electron chi connectivity index (χ4n) is 2.38. The Balaban J connectivity index is 2.98. The van der Waals surface area contributed by atoms with Crippen LogP contribution in [0.25, 0.3) is 0 Å². The van der Waals surface area contributed by atoms with E-state index in [0.717, 1.165) is 17.7 Å². The number of ether oxygens (including phenoxy) is 1. The molecule has 0 radical (unpaired) electrons. The molecule has 1 atom stereocenters. The average Bonchev–Trinajstić information content (AvgIpc) is 2.50. The Morgan fingerprint density at radius 3 is 2.50 bits per heavy atom. The second-order valence-corrected chi connectivity index (χ2v) is 7.04. The van der Waals surface area contributed by atoms with Gasteiger partial charge in [-0.1, -0.05) is 19.1 Å². The highest BCUT2D eigenvalue weighted by Gasteiger charge is 2.27. The van der Waals surface area contributed by atoms with E-state index in [4.69, 9.17) is 4.74 Å². The molecule has 0 aromatic heterocycles. The highest BCUT2D eigenvalue weighted by Crippen LogP contribution is 2.17. The van der Waals surface area contributed by atoms with Crippen molar-refractivity contribution < 1.29 is 14.3 Å². The van der Waals surface area contributed by atoms with Crippen LogP contribution in [0.3, 0.4) is 0 Å². The predicted molar refractivity (Wildman–Crippen MR) is 95.8 cm³/mol. The summed E-state index contributed by atoms with van der Waals surface area (Å²) in [6.07, 6.45) is 1.18. The van der Waals surface area contributed by atoms with Gasteiger partial charge in [-0.25, -0.2) is 0 Å². The topological polar surface area (TPSA) is 58.6 Å². The molecule has 0 saturated heterocycles. The fraction of sp³-hybridized carbons (Fsp3) is 0.579. The summed E-state index contributed by atoms with van der Waals surface area (Å²) in [4.78, 5) is 26.7. The molecule has 24 heavy (non-hydrogen) atoms. The molecule has 5 nitrogen and oxygen atoms in total. The predicted octanol–water partition coefficient (Wildman–Crippen LogP) is 3.13. The first kappa shape index (κ1) is 20.0. The summed E-state index contributed by atoms with van der Waals surface area (Å²) in [6, 6.07) is 7.03. The van der Waals surface area contributed by atoms with Crippen molar-refractivity contribution in [2.45, 2.75) is 65.6 Å². The zero-order chi connectivity index (χ0) is 18.3. The Kier molecular flexibility index (Phi) is 7.26. The van der Waals surface area contributed by atoms with Crippen molar-refractivity contribution in [3.05, 3.63) is 29.8 Å². The van der Waals surface area contributed by atoms with Crippen molar-refractivity contribution >= 4 is 11.8 Å². The van der Waals surface area contributed by atoms with E-state index >= 15 is 0 Å². The van der Waals surface area contributed by atoms with Crippen molar-refractivity contribution in [2.24, 2.45) is 0 Å². The van der Waals surface area contributed by atoms with E-state index in [0.29, 0.717) is 13.0 Å². The lowest BCUT2D eigenvalue weighted by atomic mass is 10.1. The van der Waals surface area contributed by atoms with Gasteiger partial charge < -0.3 is 15.0 Å². The van der Waals surface area contributed by atoms with Gasteiger partial charge in [-0.15, -0.1) is 0 Å². The number of methoxy groups -OCH3 is 1. The molecule has 0 aliphatic carbocycles. The minimum absolute atomic E-state index is 0.0168. The summed E-state index contributed by atoms with van der Waals surface area (Å²) in [7, 11) is 1.61. The number of carbonyl (C=O) groups excluding carboxylic acids is 2. The zero-order valence-electron chi connectivity index (χ0n) is 15.7. The third-order valence-electron chi connectivity index (χ3n) is 3.62. The third kappa shape index (κ3) is 6.22. The second kappa shape index (κ2) is 8.71. The number of benzene rings is 1. The molecule has 134 valence electrons. The van der Waals surface area contributed by atoms with E-state index in [1.54, 1.807) is 18.9 Å². The summed E-state index contributed by atoms with van der Waals surface area (Å²) in [6.45, 7) is 9.90. The Morgan fingerprint density at radius 1 is 1.29 bits per heavy atom. The molecule has 0 saturated carbocycles. The molecule has 5 heteroatoms. The van der Waals surface area contributed by atoms with E-state index in [-0.39, 0.29) is 17.4 Å². The van der Waals surface area contributed by atoms with Gasteiger partial charge in [-0.05, 0) is 51.8 Å². The molecular formula is C19H30N2O3. The lowest BCUT2D eigenvalue weighted by molar-refractivity contribution is -0.141. The molecular weight excluding hydrogens is 304 g/mol. The molecule has 0 aliphatic heterocycles. The van der Waals surface area contributed by atoms with Gasteiger partial charge in [-0.2, -0.15) is 0 Å². The van der Waals surface area contributed by atoms with Crippen molar-refractivity contribution in [1.82, 2.24) is 10.2 Å². The SMILES string of the molecule is CCCC(=O)N(Cc1cccc(OC)c1)[C@H](C)C(=O)NC(C)(C)C. The third-order valence-corrected chi connectivity index (χ3v) is 3.62. The largest absolute Gasteiger partial charge is 0.497 e. The number of carbonyl (C=O) groups is 2. The molecule has 0 aliphatic rings. The van der Waals surface area contributed by atoms with E-state index < -0.39 is 6.04 Å². The molecule has 0 bridgehead atoms. The molecule has 0 fully saturated rings. The van der Waals surface area contributed by atoms with Gasteiger partial charge in [-0.3, -0.25) is 9.59 Å². The number of hydrogen-bond donors (Lipinski definition) is 1. The summed E-state index contributed by atoms with van der Waals surface area (Å²) < 4.78 is 5.24. The highest BCUT2D eigenvalue weighted by atomic mass is 16.5. The monoisotopic (exact) mass is 334 g/mol. The van der Waals surface area contributed by atoms with Gasteiger partial charge in [0.25, 0.3) is 0 Å². The quantitative estimate of drug-likeness (QED) is 0.833. The standard InChI is InChI=1S/C19H30N2O3/c1-7-9-17(22)21(14(2)18(23)20-19(3,4)5)13-15-10-8-11-16(12-15)24-6/h8,10-12,14H,7,9,13H2,1-6H3,(H,20,23)/t14-/m1/s1. The normalized spacial score (nSPS) is 12.4. The molecule has 0 heterocycles. The maximum absolute atomic E-state index is 12.5. The smallest absolute Gasteiger partial charge is 0.242 e. The lowest BCUT2D eigenvalue weighted by Crippen LogP contribution is -2.52. The van der Waals surface area contributed by atoms with Crippen LogP contribution in [0.15, 0.2) is 24.3 Å². The molecule has 0 spiro atoms. The van der Waals surface area contributed by atoms with E-state index in [1.807, 2.05) is 52.0 Å². The summed E-state index contributed by atoms with van der Waals surface area (Å²) in [5.41, 5.74) is 0.607. The molecule has 1 rings (SSSR count). The van der Waals surface area contributed by atoms with Gasteiger partial charge in [0.05, 0.1) is 7.11 Å². The Morgan fingerprint density at radius 2 is 1.96 bits per heavy atom. The van der Waals surface area contributed by atoms with Crippen LogP contribution >= 0.6 is 0 Å². The Hall–Kier alpha value is -2.04. The summed E-state index contributed by atoms with van der Waals surface area (Å²) >= 11 is 0. The van der Waals surface area contributed by atoms with E-state index in [2.05, 4.69) is 5.32 Å². The van der Waals surface area contributed by atoms with Crippen LogP contribution in [-0.4, -0.2) is 35.4 Å². The molecule has 0 unspecified atom stereocenters. The van der Waals surface area contributed by atoms with Crippen molar-refractivity contribution in [3.8, 4) is 5.75 Å². The van der Waals surface area contributed by atoms with Crippen LogP contribution in [0.4, 0.5) is 0 Å². The maximum Gasteiger partial charge on any atom is 0.242 e. The first-order valence-electron chi connectivity index (χ1n) is 8.42. The lowest BCUT2D eigenvalue weighted by Gasteiger charge is -2.31. The molecule has 1 aromatic rings. The average molecular weight is 334 g/mol. The van der Waals surface area contributed by atoms with Crippen LogP contribution in [0, 0.1) is 0 Å². The summed E-state index contributed by atoms with van der Waals surface area (Å²) in [5.74, 6) is 0.578. The van der Waals surface area contributed by atoms with E-state index in [1.165, 1.54) is 0 Å². The van der Waals surface area contributed by atoms with Gasteiger partial charge >= 0.3 is 0 Å².